The van der Waals surface area contributed by atoms with E-state index in [0.717, 1.165) is 44.2 Å². The number of fused-ring (bicyclic) bond motifs is 8. The van der Waals surface area contributed by atoms with E-state index in [2.05, 4.69) is 18.2 Å². The molecule has 0 aliphatic heterocycles. The van der Waals surface area contributed by atoms with Gasteiger partial charge in [0.05, 0.1) is 12.3 Å². The van der Waals surface area contributed by atoms with E-state index in [9.17, 15) is 1.37 Å². The third-order valence-corrected chi connectivity index (χ3v) is 10.9. The van der Waals surface area contributed by atoms with Gasteiger partial charge in [-0.15, -0.1) is 0 Å². The molecule has 0 saturated heterocycles. The van der Waals surface area contributed by atoms with Crippen LogP contribution in [0.1, 0.15) is 12.3 Å². The molecule has 0 aliphatic rings. The van der Waals surface area contributed by atoms with Crippen LogP contribution in [-0.4, -0.2) is 15.0 Å². The summed E-state index contributed by atoms with van der Waals surface area (Å²) in [6.07, 6.45) is 0. The highest BCUT2D eigenvalue weighted by Crippen LogP contribution is 2.41. The van der Waals surface area contributed by atoms with E-state index in [1.807, 2.05) is 103 Å². The number of furan rings is 2. The first-order chi connectivity index (χ1) is 33.5. The van der Waals surface area contributed by atoms with Crippen LogP contribution in [0.15, 0.2) is 209 Å². The lowest BCUT2D eigenvalue weighted by Crippen LogP contribution is -2.00. The second-order valence-corrected chi connectivity index (χ2v) is 14.4. The lowest BCUT2D eigenvalue weighted by molar-refractivity contribution is 0.669. The van der Waals surface area contributed by atoms with E-state index in [4.69, 9.17) is 34.8 Å². The van der Waals surface area contributed by atoms with E-state index in [1.165, 1.54) is 0 Å². The lowest BCUT2D eigenvalue weighted by atomic mass is 9.95. The minimum Gasteiger partial charge on any atom is -0.456 e. The summed E-state index contributed by atoms with van der Waals surface area (Å²) in [6, 6.07) is 43.1. The molecule has 0 fully saturated rings. The first kappa shape index (κ1) is 26.0. The molecule has 3 heterocycles. The van der Waals surface area contributed by atoms with Gasteiger partial charge in [0.2, 0.25) is 0 Å². The Bertz CT molecular complexity index is 4120. The van der Waals surface area contributed by atoms with Crippen LogP contribution in [0, 0.1) is 0 Å². The molecule has 5 heteroatoms. The van der Waals surface area contributed by atoms with Gasteiger partial charge in [0.25, 0.3) is 0 Å². The van der Waals surface area contributed by atoms with Crippen molar-refractivity contribution >= 4 is 54.6 Å². The van der Waals surface area contributed by atoms with E-state index >= 15 is 0 Å². The van der Waals surface area contributed by atoms with Gasteiger partial charge >= 0.3 is 0 Å². The molecular weight excluding hydrogens is 735 g/mol. The second-order valence-electron chi connectivity index (χ2n) is 14.4. The topological polar surface area (TPSA) is 65.0 Å². The number of para-hydroxylation sites is 1. The zero-order valence-electron chi connectivity index (χ0n) is 40.5. The molecule has 0 aliphatic carbocycles. The first-order valence-corrected chi connectivity index (χ1v) is 19.4. The van der Waals surface area contributed by atoms with Crippen molar-refractivity contribution in [1.82, 2.24) is 15.0 Å². The van der Waals surface area contributed by atoms with Crippen molar-refractivity contribution in [2.45, 2.75) is 0 Å². The molecule has 0 atom stereocenters. The minimum atomic E-state index is -0.528. The zero-order chi connectivity index (χ0) is 47.4. The highest BCUT2D eigenvalue weighted by molar-refractivity contribution is 6.19. The van der Waals surface area contributed by atoms with Crippen molar-refractivity contribution in [2.24, 2.45) is 0 Å². The van der Waals surface area contributed by atoms with Crippen LogP contribution in [0.4, 0.5) is 0 Å². The monoisotopic (exact) mass is 776 g/mol. The van der Waals surface area contributed by atoms with E-state index in [0.29, 0.717) is 39.7 Å². The maximum absolute atomic E-state index is 9.63. The average molecular weight is 777 g/mol. The number of nitrogens with zero attached hydrogens (tertiary/aromatic N) is 3. The summed E-state index contributed by atoms with van der Waals surface area (Å²) in [6.45, 7) is 0. The van der Waals surface area contributed by atoms with Crippen LogP contribution >= 0.6 is 0 Å². The second kappa shape index (κ2) is 13.8. The smallest absolute Gasteiger partial charge is 0.164 e. The normalized spacial score (nSPS) is 13.8. The predicted octanol–water partition coefficient (Wildman–Crippen LogP) is 14.8. The van der Waals surface area contributed by atoms with E-state index in [-0.39, 0.29) is 44.3 Å². The molecule has 60 heavy (non-hydrogen) atoms. The molecular formula is C55H33N3O2. The van der Waals surface area contributed by atoms with Gasteiger partial charge < -0.3 is 8.83 Å². The largest absolute Gasteiger partial charge is 0.456 e. The van der Waals surface area contributed by atoms with Crippen molar-refractivity contribution in [3.8, 4) is 67.5 Å². The van der Waals surface area contributed by atoms with E-state index in [1.54, 1.807) is 24.3 Å². The minimum absolute atomic E-state index is 0.0100. The fourth-order valence-electron chi connectivity index (χ4n) is 8.03. The van der Waals surface area contributed by atoms with Crippen LogP contribution in [-0.2, 0) is 0 Å². The molecule has 0 saturated carbocycles. The van der Waals surface area contributed by atoms with Crippen LogP contribution < -0.4 is 0 Å². The molecule has 0 N–H and O–H groups in total. The van der Waals surface area contributed by atoms with Gasteiger partial charge in [-0.3, -0.25) is 0 Å². The summed E-state index contributed by atoms with van der Waals surface area (Å²) in [7, 11) is 0. The van der Waals surface area contributed by atoms with Crippen LogP contribution in [0.2, 0.25) is 0 Å². The number of aromatic nitrogens is 3. The zero-order valence-corrected chi connectivity index (χ0v) is 31.5. The maximum atomic E-state index is 9.63. The summed E-state index contributed by atoms with van der Waals surface area (Å²) < 4.78 is 91.6. The van der Waals surface area contributed by atoms with Crippen LogP contribution in [0.25, 0.3) is 122 Å². The van der Waals surface area contributed by atoms with Gasteiger partial charge in [0.15, 0.2) is 17.5 Å². The number of hydrogen-bond acceptors (Lipinski definition) is 5. The van der Waals surface area contributed by atoms with Crippen molar-refractivity contribution in [2.75, 3.05) is 0 Å². The quantitative estimate of drug-likeness (QED) is 0.168. The summed E-state index contributed by atoms with van der Waals surface area (Å²) in [5.74, 6) is 1.16. The standard InChI is InChI=1S/C55H33N3O2/c1-3-13-34(14-4-1)38-17-11-18-39(31-38)54-56-53(57-55(58-54)40-29-30-45-50(32-40)59-49-24-12-22-41(51(45)49)35-15-5-2-6-16-35)37-27-25-36(26-28-37)46-33-47-43-20-9-10-23-48(43)60-52(47)44-21-8-7-19-42(44)46/h1-33H/i7D,8D,9D,10D,19D,20D,21D,23D,33D. The third-order valence-electron chi connectivity index (χ3n) is 10.9. The molecule has 9 aromatic carbocycles. The van der Waals surface area contributed by atoms with Crippen molar-refractivity contribution < 1.29 is 21.2 Å². The Balaban J connectivity index is 1.05. The van der Waals surface area contributed by atoms with Gasteiger partial charge in [0, 0.05) is 43.6 Å². The molecule has 0 spiro atoms. The Kier molecular flexibility index (Phi) is 5.95. The summed E-state index contributed by atoms with van der Waals surface area (Å²) in [5.41, 5.74) is 7.81. The molecule has 0 unspecified atom stereocenters. The van der Waals surface area contributed by atoms with Gasteiger partial charge in [-0.05, 0) is 75.1 Å². The summed E-state index contributed by atoms with van der Waals surface area (Å²) in [5, 5.41) is 1.88. The molecule has 3 aromatic heterocycles. The summed E-state index contributed by atoms with van der Waals surface area (Å²) in [4.78, 5) is 15.1. The number of rotatable bonds is 6. The third kappa shape index (κ3) is 5.67. The molecule has 5 nitrogen and oxygen atoms in total. The fourth-order valence-corrected chi connectivity index (χ4v) is 8.03. The highest BCUT2D eigenvalue weighted by Gasteiger charge is 2.19. The summed E-state index contributed by atoms with van der Waals surface area (Å²) >= 11 is 0. The SMILES string of the molecule is [2H]c1c([2H])c([2H])c2c(oc3c4c([2H])c([2H])c([2H])c([2H])c4c(-c4ccc(-c5nc(-c6cccc(-c7ccccc7)c6)nc(-c6ccc7c(c6)oc6cccc(-c8ccccc8)c67)n5)cc4)c([2H])c32)c1[2H]. The fraction of sp³-hybridized carbons (Fsp3) is 0. The van der Waals surface area contributed by atoms with Gasteiger partial charge in [0.1, 0.15) is 22.3 Å². The number of hydrogen-bond donors (Lipinski definition) is 0. The van der Waals surface area contributed by atoms with Crippen molar-refractivity contribution in [3.05, 3.63) is 200 Å². The average Bonchev–Trinajstić information content (AvgIpc) is 3.99. The Hall–Kier alpha value is -8.15. The van der Waals surface area contributed by atoms with Crippen LogP contribution in [0.5, 0.6) is 0 Å². The molecule has 12 rings (SSSR count). The Morgan fingerprint density at radius 1 is 0.350 bits per heavy atom. The first-order valence-electron chi connectivity index (χ1n) is 23.9. The lowest BCUT2D eigenvalue weighted by Gasteiger charge is -2.11. The Morgan fingerprint density at radius 3 is 1.72 bits per heavy atom. The molecule has 0 radical (unpaired) electrons. The maximum Gasteiger partial charge on any atom is 0.164 e. The Labute approximate surface area is 357 Å². The highest BCUT2D eigenvalue weighted by atomic mass is 16.3. The molecule has 0 amide bonds. The Morgan fingerprint density at radius 2 is 0.933 bits per heavy atom. The molecule has 12 aromatic rings. The van der Waals surface area contributed by atoms with Crippen molar-refractivity contribution in [1.29, 1.82) is 0 Å². The molecule has 0 bridgehead atoms. The van der Waals surface area contributed by atoms with Gasteiger partial charge in [-0.25, -0.2) is 15.0 Å². The molecule has 280 valence electrons. The van der Waals surface area contributed by atoms with E-state index < -0.39 is 48.3 Å². The number of benzene rings is 9. The van der Waals surface area contributed by atoms with Crippen LogP contribution in [0.3, 0.4) is 0 Å². The van der Waals surface area contributed by atoms with Gasteiger partial charge in [-0.1, -0.05) is 164 Å². The van der Waals surface area contributed by atoms with Crippen molar-refractivity contribution in [3.63, 3.8) is 0 Å². The van der Waals surface area contributed by atoms with Gasteiger partial charge in [-0.2, -0.15) is 0 Å². The predicted molar refractivity (Wildman–Crippen MR) is 245 cm³/mol.